The number of primary amides is 1. The lowest BCUT2D eigenvalue weighted by atomic mass is 10.1. The molecule has 2 rings (SSSR count). The molecule has 110 valence electrons. The molecule has 0 radical (unpaired) electrons. The van der Waals surface area contributed by atoms with E-state index in [9.17, 15) is 4.79 Å². The predicted molar refractivity (Wildman–Crippen MR) is 80.4 cm³/mol. The van der Waals surface area contributed by atoms with Gasteiger partial charge < -0.3 is 20.9 Å². The van der Waals surface area contributed by atoms with Crippen LogP contribution in [-0.2, 0) is 0 Å². The lowest BCUT2D eigenvalue weighted by molar-refractivity contribution is 0.0993. The van der Waals surface area contributed by atoms with Gasteiger partial charge in [0.05, 0.1) is 12.7 Å². The minimum absolute atomic E-state index is 0.244. The molecule has 0 aliphatic heterocycles. The first-order valence-corrected chi connectivity index (χ1v) is 6.55. The van der Waals surface area contributed by atoms with E-state index in [0.29, 0.717) is 17.1 Å². The number of methoxy groups -OCH3 is 1. The van der Waals surface area contributed by atoms with Crippen molar-refractivity contribution < 1.29 is 14.3 Å². The maximum Gasteiger partial charge on any atom is 0.252 e. The summed E-state index contributed by atoms with van der Waals surface area (Å²) in [6.45, 7) is 0.244. The number of amides is 1. The Kier molecular flexibility index (Phi) is 4.79. The third-order valence-electron chi connectivity index (χ3n) is 3.12. The lowest BCUT2D eigenvalue weighted by Crippen LogP contribution is -2.21. The summed E-state index contributed by atoms with van der Waals surface area (Å²) in [6.07, 6.45) is -0.429. The maximum absolute atomic E-state index is 11.4. The van der Waals surface area contributed by atoms with Gasteiger partial charge in [0.2, 0.25) is 0 Å². The smallest absolute Gasteiger partial charge is 0.252 e. The van der Waals surface area contributed by atoms with Crippen molar-refractivity contribution >= 4 is 5.91 Å². The highest BCUT2D eigenvalue weighted by Crippen LogP contribution is 2.29. The molecule has 4 N–H and O–H groups in total. The van der Waals surface area contributed by atoms with Crippen LogP contribution in [0.5, 0.6) is 11.5 Å². The third-order valence-corrected chi connectivity index (χ3v) is 3.12. The van der Waals surface area contributed by atoms with Crippen molar-refractivity contribution in [3.05, 3.63) is 59.7 Å². The van der Waals surface area contributed by atoms with Crippen LogP contribution in [0.25, 0.3) is 0 Å². The van der Waals surface area contributed by atoms with Crippen LogP contribution in [0.2, 0.25) is 0 Å². The fraction of sp³-hybridized carbons (Fsp3) is 0.188. The Bertz CT molecular complexity index is 628. The average molecular weight is 286 g/mol. The van der Waals surface area contributed by atoms with Gasteiger partial charge in [-0.25, -0.2) is 0 Å². The second-order valence-electron chi connectivity index (χ2n) is 4.44. The number of carbonyl (C=O) groups is 1. The normalized spacial score (nSPS) is 11.7. The Hall–Kier alpha value is -2.53. The zero-order valence-corrected chi connectivity index (χ0v) is 11.8. The molecule has 5 heteroatoms. The summed E-state index contributed by atoms with van der Waals surface area (Å²) in [5, 5.41) is 0. The van der Waals surface area contributed by atoms with E-state index in [4.69, 9.17) is 20.9 Å². The molecule has 0 spiro atoms. The molecule has 0 saturated carbocycles. The van der Waals surface area contributed by atoms with Gasteiger partial charge in [0, 0.05) is 12.1 Å². The number of carbonyl (C=O) groups excluding carboxylic acids is 1. The van der Waals surface area contributed by atoms with Crippen molar-refractivity contribution in [1.29, 1.82) is 0 Å². The van der Waals surface area contributed by atoms with Crippen molar-refractivity contribution in [1.82, 2.24) is 0 Å². The predicted octanol–water partition coefficient (Wildman–Crippen LogP) is 1.87. The molecule has 21 heavy (non-hydrogen) atoms. The van der Waals surface area contributed by atoms with Crippen LogP contribution in [0.4, 0.5) is 0 Å². The largest absolute Gasteiger partial charge is 0.496 e. The van der Waals surface area contributed by atoms with Crippen LogP contribution in [0.1, 0.15) is 22.0 Å². The first-order valence-electron chi connectivity index (χ1n) is 6.55. The monoisotopic (exact) mass is 286 g/mol. The number of hydrogen-bond donors (Lipinski definition) is 2. The molecule has 1 amide bonds. The fourth-order valence-electron chi connectivity index (χ4n) is 2.10. The first kappa shape index (κ1) is 14.9. The van der Waals surface area contributed by atoms with E-state index in [0.717, 1.165) is 5.56 Å². The Labute approximate surface area is 123 Å². The number of para-hydroxylation sites is 2. The van der Waals surface area contributed by atoms with E-state index in [1.165, 1.54) is 0 Å². The molecule has 0 saturated heterocycles. The van der Waals surface area contributed by atoms with Gasteiger partial charge in [-0.15, -0.1) is 0 Å². The van der Waals surface area contributed by atoms with Gasteiger partial charge in [-0.1, -0.05) is 30.3 Å². The lowest BCUT2D eigenvalue weighted by Gasteiger charge is -2.21. The SMILES string of the molecule is COc1ccccc1C(CN)Oc1ccccc1C(N)=O. The van der Waals surface area contributed by atoms with E-state index in [1.54, 1.807) is 31.4 Å². The molecule has 2 aromatic carbocycles. The van der Waals surface area contributed by atoms with Gasteiger partial charge in [-0.3, -0.25) is 4.79 Å². The van der Waals surface area contributed by atoms with Gasteiger partial charge in [-0.2, -0.15) is 0 Å². The number of nitrogens with two attached hydrogens (primary N) is 2. The van der Waals surface area contributed by atoms with Crippen LogP contribution in [0, 0.1) is 0 Å². The minimum atomic E-state index is -0.540. The van der Waals surface area contributed by atoms with Crippen molar-refractivity contribution in [2.75, 3.05) is 13.7 Å². The Balaban J connectivity index is 2.34. The highest BCUT2D eigenvalue weighted by molar-refractivity contribution is 5.95. The van der Waals surface area contributed by atoms with E-state index in [2.05, 4.69) is 0 Å². The summed E-state index contributed by atoms with van der Waals surface area (Å²) >= 11 is 0. The topological polar surface area (TPSA) is 87.6 Å². The highest BCUT2D eigenvalue weighted by Gasteiger charge is 2.18. The van der Waals surface area contributed by atoms with Crippen LogP contribution < -0.4 is 20.9 Å². The molecule has 0 bridgehead atoms. The minimum Gasteiger partial charge on any atom is -0.496 e. The van der Waals surface area contributed by atoms with E-state index >= 15 is 0 Å². The third kappa shape index (κ3) is 3.32. The summed E-state index contributed by atoms with van der Waals surface area (Å²) < 4.78 is 11.2. The quantitative estimate of drug-likeness (QED) is 0.848. The van der Waals surface area contributed by atoms with Crippen molar-refractivity contribution in [3.63, 3.8) is 0 Å². The molecule has 0 aliphatic rings. The Morgan fingerprint density at radius 3 is 2.33 bits per heavy atom. The summed E-state index contributed by atoms with van der Waals surface area (Å²) in [6, 6.07) is 14.3. The van der Waals surface area contributed by atoms with Crippen molar-refractivity contribution in [3.8, 4) is 11.5 Å². The summed E-state index contributed by atoms with van der Waals surface area (Å²) in [4.78, 5) is 11.4. The number of benzene rings is 2. The van der Waals surface area contributed by atoms with E-state index < -0.39 is 12.0 Å². The molecular weight excluding hydrogens is 268 g/mol. The average Bonchev–Trinajstić information content (AvgIpc) is 2.52. The van der Waals surface area contributed by atoms with E-state index in [1.807, 2.05) is 24.3 Å². The molecule has 1 unspecified atom stereocenters. The summed E-state index contributed by atoms with van der Waals surface area (Å²) in [7, 11) is 1.59. The maximum atomic E-state index is 11.4. The summed E-state index contributed by atoms with van der Waals surface area (Å²) in [5.74, 6) is 0.553. The van der Waals surface area contributed by atoms with Gasteiger partial charge in [0.15, 0.2) is 0 Å². The van der Waals surface area contributed by atoms with Crippen molar-refractivity contribution in [2.24, 2.45) is 11.5 Å². The van der Waals surface area contributed by atoms with E-state index in [-0.39, 0.29) is 6.54 Å². The molecular formula is C16H18N2O3. The Morgan fingerprint density at radius 1 is 1.10 bits per heavy atom. The van der Waals surface area contributed by atoms with Crippen LogP contribution in [-0.4, -0.2) is 19.6 Å². The molecule has 0 fully saturated rings. The summed E-state index contributed by atoms with van der Waals surface area (Å²) in [5.41, 5.74) is 12.3. The highest BCUT2D eigenvalue weighted by atomic mass is 16.5. The van der Waals surface area contributed by atoms with Gasteiger partial charge in [0.25, 0.3) is 5.91 Å². The van der Waals surface area contributed by atoms with Crippen molar-refractivity contribution in [2.45, 2.75) is 6.10 Å². The molecule has 1 atom stereocenters. The zero-order chi connectivity index (χ0) is 15.2. The molecule has 0 aromatic heterocycles. The standard InChI is InChI=1S/C16H18N2O3/c1-20-13-8-4-2-6-11(13)15(10-17)21-14-9-5-3-7-12(14)16(18)19/h2-9,15H,10,17H2,1H3,(H2,18,19). The van der Waals surface area contributed by atoms with Gasteiger partial charge >= 0.3 is 0 Å². The van der Waals surface area contributed by atoms with Gasteiger partial charge in [0.1, 0.15) is 17.6 Å². The molecule has 2 aromatic rings. The molecule has 0 heterocycles. The second kappa shape index (κ2) is 6.76. The first-order chi connectivity index (χ1) is 10.2. The second-order valence-corrected chi connectivity index (χ2v) is 4.44. The molecule has 0 aliphatic carbocycles. The number of hydrogen-bond acceptors (Lipinski definition) is 4. The molecule has 5 nitrogen and oxygen atoms in total. The van der Waals surface area contributed by atoms with Crippen LogP contribution in [0.3, 0.4) is 0 Å². The Morgan fingerprint density at radius 2 is 1.71 bits per heavy atom. The number of rotatable bonds is 6. The zero-order valence-electron chi connectivity index (χ0n) is 11.8. The number of ether oxygens (including phenoxy) is 2. The fourth-order valence-corrected chi connectivity index (χ4v) is 2.10. The van der Waals surface area contributed by atoms with Crippen LogP contribution in [0.15, 0.2) is 48.5 Å². The van der Waals surface area contributed by atoms with Crippen LogP contribution >= 0.6 is 0 Å². The van der Waals surface area contributed by atoms with Gasteiger partial charge in [-0.05, 0) is 18.2 Å².